The van der Waals surface area contributed by atoms with Gasteiger partial charge in [-0.25, -0.2) is 9.59 Å². The fraction of sp³-hybridized carbons (Fsp3) is 0.385. The first kappa shape index (κ1) is 41.9. The van der Waals surface area contributed by atoms with Gasteiger partial charge in [0.05, 0.1) is 62.9 Å². The average Bonchev–Trinajstić information content (AvgIpc) is 3.77. The number of hydrogen-bond acceptors (Lipinski definition) is 12. The lowest BCUT2D eigenvalue weighted by Crippen LogP contribution is -2.37. The smallest absolute Gasteiger partial charge is 0.412 e. The van der Waals surface area contributed by atoms with Gasteiger partial charge in [0, 0.05) is 24.8 Å². The molecule has 0 unspecified atom stereocenters. The lowest BCUT2D eigenvalue weighted by molar-refractivity contribution is -0.206. The quantitative estimate of drug-likeness (QED) is 0.0712. The van der Waals surface area contributed by atoms with Crippen LogP contribution in [0.25, 0.3) is 0 Å². The summed E-state index contributed by atoms with van der Waals surface area (Å²) in [6, 6.07) is 4.97. The fourth-order valence-electron chi connectivity index (χ4n) is 6.20. The SMILES string of the molecule is C=CCOC(=O)Nc1cc(C(=O)N2CC(=C)C[C@H]2CO)c(OC)cc1CCCOOc1cc(OC)c(C(=O)N2CC(=C)C[C@H]2CO)cc1NC(=O)OCC=C. The summed E-state index contributed by atoms with van der Waals surface area (Å²) >= 11 is 0. The first-order valence-corrected chi connectivity index (χ1v) is 17.5. The maximum absolute atomic E-state index is 13.7. The van der Waals surface area contributed by atoms with Gasteiger partial charge in [-0.15, -0.1) is 0 Å². The molecule has 296 valence electrons. The topological polar surface area (TPSA) is 195 Å². The van der Waals surface area contributed by atoms with E-state index in [4.69, 9.17) is 28.7 Å². The van der Waals surface area contributed by atoms with E-state index in [9.17, 15) is 29.4 Å². The number of aliphatic hydroxyl groups is 2. The number of carbonyl (C=O) groups excluding carboxylic acids is 4. The lowest BCUT2D eigenvalue weighted by Gasteiger charge is -2.24. The molecule has 2 saturated heterocycles. The third-order valence-electron chi connectivity index (χ3n) is 8.81. The van der Waals surface area contributed by atoms with Gasteiger partial charge in [-0.05, 0) is 49.4 Å². The molecule has 16 nitrogen and oxygen atoms in total. The van der Waals surface area contributed by atoms with E-state index in [0.29, 0.717) is 31.2 Å². The molecule has 2 aliphatic rings. The second kappa shape index (κ2) is 20.0. The van der Waals surface area contributed by atoms with Crippen LogP contribution >= 0.6 is 0 Å². The molecule has 0 aromatic heterocycles. The van der Waals surface area contributed by atoms with Gasteiger partial charge in [0.1, 0.15) is 24.7 Å². The van der Waals surface area contributed by atoms with Gasteiger partial charge >= 0.3 is 12.2 Å². The lowest BCUT2D eigenvalue weighted by atomic mass is 10.0. The van der Waals surface area contributed by atoms with Crippen molar-refractivity contribution in [2.24, 2.45) is 0 Å². The molecule has 0 spiro atoms. The van der Waals surface area contributed by atoms with E-state index in [-0.39, 0.29) is 85.9 Å². The second-order valence-electron chi connectivity index (χ2n) is 12.7. The van der Waals surface area contributed by atoms with Gasteiger partial charge in [0.2, 0.25) is 0 Å². The molecule has 2 heterocycles. The number of nitrogens with one attached hydrogen (secondary N) is 2. The molecule has 4 amide bonds. The average molecular weight is 765 g/mol. The van der Waals surface area contributed by atoms with Crippen molar-refractivity contribution in [3.63, 3.8) is 0 Å². The number of anilines is 2. The van der Waals surface area contributed by atoms with Crippen LogP contribution < -0.4 is 25.0 Å². The molecule has 0 bridgehead atoms. The van der Waals surface area contributed by atoms with Crippen molar-refractivity contribution in [3.8, 4) is 17.2 Å². The third kappa shape index (κ3) is 10.6. The Kier molecular flexibility index (Phi) is 15.2. The van der Waals surface area contributed by atoms with Gasteiger partial charge in [-0.3, -0.25) is 20.2 Å². The van der Waals surface area contributed by atoms with E-state index in [1.54, 1.807) is 6.07 Å². The zero-order valence-electron chi connectivity index (χ0n) is 31.1. The Morgan fingerprint density at radius 2 is 1.25 bits per heavy atom. The van der Waals surface area contributed by atoms with Crippen molar-refractivity contribution >= 4 is 35.4 Å². The first-order chi connectivity index (χ1) is 26.5. The second-order valence-corrected chi connectivity index (χ2v) is 12.7. The number of likely N-dealkylation sites (tertiary alicyclic amines) is 2. The van der Waals surface area contributed by atoms with Gasteiger partial charge in [0.15, 0.2) is 5.75 Å². The number of rotatable bonds is 18. The van der Waals surface area contributed by atoms with E-state index in [2.05, 4.69) is 36.9 Å². The van der Waals surface area contributed by atoms with Crippen LogP contribution in [0.3, 0.4) is 0 Å². The minimum Gasteiger partial charge on any atom is -0.496 e. The van der Waals surface area contributed by atoms with Crippen LogP contribution in [0.1, 0.15) is 45.5 Å². The number of nitrogens with zero attached hydrogens (tertiary/aromatic N) is 2. The summed E-state index contributed by atoms with van der Waals surface area (Å²) in [5, 5.41) is 25.0. The number of amides is 4. The van der Waals surface area contributed by atoms with Crippen molar-refractivity contribution in [1.29, 1.82) is 0 Å². The molecule has 16 heteroatoms. The molecular formula is C39H48N4O12. The largest absolute Gasteiger partial charge is 0.496 e. The molecule has 2 aromatic rings. The van der Waals surface area contributed by atoms with Crippen LogP contribution in [0.15, 0.2) is 73.9 Å². The summed E-state index contributed by atoms with van der Waals surface area (Å²) < 4.78 is 21.3. The summed E-state index contributed by atoms with van der Waals surface area (Å²) in [5.74, 6) is -0.492. The molecule has 2 atom stereocenters. The number of carbonyl (C=O) groups is 4. The minimum absolute atomic E-state index is 0.00359. The number of ether oxygens (including phenoxy) is 4. The van der Waals surface area contributed by atoms with Crippen LogP contribution in [-0.4, -0.2) is 116 Å². The normalized spacial score (nSPS) is 16.4. The van der Waals surface area contributed by atoms with Crippen LogP contribution in [0.5, 0.6) is 17.2 Å². The predicted octanol–water partition coefficient (Wildman–Crippen LogP) is 4.64. The van der Waals surface area contributed by atoms with Gasteiger partial charge < -0.3 is 43.8 Å². The predicted molar refractivity (Wildman–Crippen MR) is 203 cm³/mol. The highest BCUT2D eigenvalue weighted by Gasteiger charge is 2.34. The van der Waals surface area contributed by atoms with Gasteiger partial charge in [0.25, 0.3) is 11.8 Å². The van der Waals surface area contributed by atoms with E-state index in [0.717, 1.165) is 11.1 Å². The minimum atomic E-state index is -0.847. The van der Waals surface area contributed by atoms with Crippen LogP contribution in [0.4, 0.5) is 21.0 Å². The highest BCUT2D eigenvalue weighted by molar-refractivity contribution is 6.01. The van der Waals surface area contributed by atoms with E-state index >= 15 is 0 Å². The zero-order chi connectivity index (χ0) is 40.1. The third-order valence-corrected chi connectivity index (χ3v) is 8.81. The molecule has 2 fully saturated rings. The fourth-order valence-corrected chi connectivity index (χ4v) is 6.20. The summed E-state index contributed by atoms with van der Waals surface area (Å²) in [6.45, 7) is 14.9. The summed E-state index contributed by atoms with van der Waals surface area (Å²) in [5.41, 5.74) is 2.76. The van der Waals surface area contributed by atoms with Crippen molar-refractivity contribution < 1.29 is 58.1 Å². The highest BCUT2D eigenvalue weighted by Crippen LogP contribution is 2.36. The zero-order valence-corrected chi connectivity index (χ0v) is 31.1. The summed E-state index contributed by atoms with van der Waals surface area (Å²) in [4.78, 5) is 66.6. The summed E-state index contributed by atoms with van der Waals surface area (Å²) in [6.07, 6.45) is 2.73. The van der Waals surface area contributed by atoms with Crippen molar-refractivity contribution in [2.45, 2.75) is 37.8 Å². The van der Waals surface area contributed by atoms with Gasteiger partial charge in [-0.2, -0.15) is 4.89 Å². The maximum Gasteiger partial charge on any atom is 0.412 e. The van der Waals surface area contributed by atoms with Crippen molar-refractivity contribution in [1.82, 2.24) is 9.80 Å². The Morgan fingerprint density at radius 1 is 0.764 bits per heavy atom. The molecule has 4 N–H and O–H groups in total. The Bertz CT molecular complexity index is 1670. The highest BCUT2D eigenvalue weighted by atomic mass is 17.2. The molecule has 2 aliphatic heterocycles. The molecule has 4 rings (SSSR count). The number of methoxy groups -OCH3 is 2. The Morgan fingerprint density at radius 3 is 1.75 bits per heavy atom. The monoisotopic (exact) mass is 764 g/mol. The molecule has 2 aromatic carbocycles. The number of aryl methyl sites for hydroxylation is 1. The van der Waals surface area contributed by atoms with Crippen LogP contribution in [0, 0.1) is 0 Å². The van der Waals surface area contributed by atoms with E-state index < -0.39 is 36.1 Å². The Labute approximate surface area is 319 Å². The van der Waals surface area contributed by atoms with Crippen LogP contribution in [-0.2, 0) is 20.8 Å². The number of hydrogen-bond donors (Lipinski definition) is 4. The molecule has 0 aliphatic carbocycles. The molecule has 0 radical (unpaired) electrons. The molecule has 55 heavy (non-hydrogen) atoms. The maximum atomic E-state index is 13.7. The van der Waals surface area contributed by atoms with E-state index in [1.165, 1.54) is 54.4 Å². The van der Waals surface area contributed by atoms with Crippen LogP contribution in [0.2, 0.25) is 0 Å². The Balaban J connectivity index is 1.54. The number of aliphatic hydroxyl groups excluding tert-OH is 2. The molecule has 0 saturated carbocycles. The summed E-state index contributed by atoms with van der Waals surface area (Å²) in [7, 11) is 2.79. The standard InChI is InChI=1S/C39H48N4O12/c1-7-11-52-38(48)40-31-17-29(36(46)42-20-24(3)14-27(42)22-44)33(50-5)16-26(31)10-9-13-54-55-35-19-34(51-6)30(18-32(35)41-39(49)53-12-8-2)37(47)43-21-25(4)15-28(43)23-45/h7-8,16-19,27-28,44-45H,1-4,9-15,20-23H2,5-6H3,(H,40,48)(H,41,49)/t27-,28-/m0/s1. The number of benzene rings is 2. The van der Waals surface area contributed by atoms with E-state index in [1.807, 2.05) is 0 Å². The Hall–Kier alpha value is -5.84. The molecular weight excluding hydrogens is 716 g/mol. The van der Waals surface area contributed by atoms with Gasteiger partial charge in [-0.1, -0.05) is 49.6 Å². The first-order valence-electron chi connectivity index (χ1n) is 17.5. The van der Waals surface area contributed by atoms with Crippen molar-refractivity contribution in [3.05, 3.63) is 90.6 Å². The van der Waals surface area contributed by atoms with Crippen molar-refractivity contribution in [2.75, 3.05) is 71.0 Å².